The monoisotopic (exact) mass is 443 g/mol. The summed E-state index contributed by atoms with van der Waals surface area (Å²) in [6.07, 6.45) is 1.52. The second kappa shape index (κ2) is 8.28. The van der Waals surface area contributed by atoms with Gasteiger partial charge < -0.3 is 25.4 Å². The van der Waals surface area contributed by atoms with Crippen molar-refractivity contribution in [2.45, 2.75) is 11.8 Å². The molecule has 162 valence electrons. The zero-order chi connectivity index (χ0) is 22.0. The van der Waals surface area contributed by atoms with Gasteiger partial charge in [-0.2, -0.15) is 13.4 Å². The van der Waals surface area contributed by atoms with Crippen LogP contribution in [0.3, 0.4) is 0 Å². The number of nitrogens with one attached hydrogen (secondary N) is 3. The average Bonchev–Trinajstić information content (AvgIpc) is 2.74. The molecule has 2 heterocycles. The number of nitrogens with zero attached hydrogens (tertiary/aromatic N) is 2. The maximum atomic E-state index is 12.0. The third kappa shape index (κ3) is 4.47. The topological polar surface area (TPSA) is 135 Å². The second-order valence-corrected chi connectivity index (χ2v) is 8.10. The minimum atomic E-state index is -4.60. The van der Waals surface area contributed by atoms with E-state index >= 15 is 0 Å². The van der Waals surface area contributed by atoms with Crippen molar-refractivity contribution < 1.29 is 22.4 Å². The molecule has 0 aliphatic carbocycles. The molecule has 1 aromatic heterocycles. The fraction of sp³-hybridized carbons (Fsp3) is 0.200. The minimum absolute atomic E-state index is 0.0367. The van der Waals surface area contributed by atoms with Crippen LogP contribution in [0.25, 0.3) is 0 Å². The van der Waals surface area contributed by atoms with E-state index in [4.69, 9.17) is 9.47 Å². The molecule has 31 heavy (non-hydrogen) atoms. The fourth-order valence-corrected chi connectivity index (χ4v) is 3.96. The molecule has 1 aliphatic rings. The first-order valence-corrected chi connectivity index (χ1v) is 10.8. The van der Waals surface area contributed by atoms with Crippen molar-refractivity contribution >= 4 is 38.9 Å². The summed E-state index contributed by atoms with van der Waals surface area (Å²) in [5.41, 5.74) is 2.95. The molecule has 11 heteroatoms. The Morgan fingerprint density at radius 2 is 1.84 bits per heavy atom. The number of hydrogen-bond donors (Lipinski definition) is 4. The van der Waals surface area contributed by atoms with Crippen LogP contribution >= 0.6 is 0 Å². The summed E-state index contributed by atoms with van der Waals surface area (Å²) in [5, 5.41) is 9.14. The van der Waals surface area contributed by atoms with Gasteiger partial charge in [0.05, 0.1) is 5.69 Å². The molecule has 0 atom stereocenters. The van der Waals surface area contributed by atoms with Gasteiger partial charge in [-0.25, -0.2) is 4.98 Å². The van der Waals surface area contributed by atoms with Gasteiger partial charge in [0, 0.05) is 24.6 Å². The summed E-state index contributed by atoms with van der Waals surface area (Å²) in [5.74, 6) is 0.835. The number of aromatic nitrogens is 2. The second-order valence-electron chi connectivity index (χ2n) is 6.74. The van der Waals surface area contributed by atoms with E-state index in [0.717, 1.165) is 16.9 Å². The molecular weight excluding hydrogens is 422 g/mol. The van der Waals surface area contributed by atoms with Crippen LogP contribution in [0.2, 0.25) is 0 Å². The summed E-state index contributed by atoms with van der Waals surface area (Å²) in [7, 11) is -2.76. The summed E-state index contributed by atoms with van der Waals surface area (Å²) in [6, 6.07) is 10.4. The molecule has 0 unspecified atom stereocenters. The van der Waals surface area contributed by atoms with E-state index in [9.17, 15) is 13.0 Å². The third-order valence-corrected chi connectivity index (χ3v) is 5.52. The zero-order valence-electron chi connectivity index (χ0n) is 16.8. The predicted molar refractivity (Wildman–Crippen MR) is 117 cm³/mol. The molecular formula is C20H21N5O5S. The number of rotatable bonds is 6. The Hall–Kier alpha value is -3.57. The first kappa shape index (κ1) is 20.7. The summed E-state index contributed by atoms with van der Waals surface area (Å²) in [4.78, 5) is 8.17. The Labute approximate surface area is 179 Å². The third-order valence-electron chi connectivity index (χ3n) is 4.60. The summed E-state index contributed by atoms with van der Waals surface area (Å²) >= 11 is 0. The van der Waals surface area contributed by atoms with E-state index in [-0.39, 0.29) is 23.8 Å². The Kier molecular flexibility index (Phi) is 5.53. The number of ether oxygens (including phenoxy) is 2. The highest BCUT2D eigenvalue weighted by atomic mass is 32.2. The Balaban J connectivity index is 1.64. The standard InChI is InChI=1S/C20H21N5O5S/c1-12-3-4-13(11-15(12)21-2)23-20-22-8-7-17(25-20)24-14-5-6-16-18(30-10-9-29-16)19(14)31(26,27)28/h3-8,11,21H,9-10H2,1-2H3,(H,26,27,28)(H2,22,23,24,25). The molecule has 0 fully saturated rings. The van der Waals surface area contributed by atoms with Gasteiger partial charge in [-0.3, -0.25) is 4.55 Å². The molecule has 4 N–H and O–H groups in total. The van der Waals surface area contributed by atoms with E-state index in [0.29, 0.717) is 18.4 Å². The first-order valence-electron chi connectivity index (χ1n) is 9.41. The van der Waals surface area contributed by atoms with Gasteiger partial charge in [0.15, 0.2) is 16.4 Å². The van der Waals surface area contributed by atoms with Crippen molar-refractivity contribution in [2.75, 3.05) is 36.2 Å². The number of aryl methyl sites for hydroxylation is 1. The van der Waals surface area contributed by atoms with E-state index in [1.807, 2.05) is 32.2 Å². The lowest BCUT2D eigenvalue weighted by molar-refractivity contribution is 0.167. The van der Waals surface area contributed by atoms with E-state index < -0.39 is 15.0 Å². The molecule has 4 rings (SSSR count). The lowest BCUT2D eigenvalue weighted by Crippen LogP contribution is -2.18. The van der Waals surface area contributed by atoms with Crippen LogP contribution in [0, 0.1) is 6.92 Å². The largest absolute Gasteiger partial charge is 0.486 e. The highest BCUT2D eigenvalue weighted by molar-refractivity contribution is 7.86. The zero-order valence-corrected chi connectivity index (χ0v) is 17.7. The van der Waals surface area contributed by atoms with Gasteiger partial charge in [0.1, 0.15) is 19.0 Å². The highest BCUT2D eigenvalue weighted by Crippen LogP contribution is 2.42. The minimum Gasteiger partial charge on any atom is -0.486 e. The van der Waals surface area contributed by atoms with Crippen molar-refractivity contribution in [1.82, 2.24) is 9.97 Å². The molecule has 10 nitrogen and oxygen atoms in total. The maximum Gasteiger partial charge on any atom is 0.300 e. The van der Waals surface area contributed by atoms with Crippen LogP contribution in [-0.4, -0.2) is 43.2 Å². The molecule has 0 saturated heterocycles. The van der Waals surface area contributed by atoms with Gasteiger partial charge in [0.25, 0.3) is 10.1 Å². The van der Waals surface area contributed by atoms with Crippen molar-refractivity contribution in [1.29, 1.82) is 0 Å². The normalized spacial score (nSPS) is 12.9. The van der Waals surface area contributed by atoms with Crippen LogP contribution < -0.4 is 25.4 Å². The number of benzene rings is 2. The van der Waals surface area contributed by atoms with Crippen LogP contribution in [0.5, 0.6) is 11.5 Å². The molecule has 3 aromatic rings. The maximum absolute atomic E-state index is 12.0. The van der Waals surface area contributed by atoms with Gasteiger partial charge in [0.2, 0.25) is 5.95 Å². The number of anilines is 5. The molecule has 0 spiro atoms. The number of hydrogen-bond acceptors (Lipinski definition) is 9. The molecule has 0 amide bonds. The Morgan fingerprint density at radius 1 is 1.03 bits per heavy atom. The van der Waals surface area contributed by atoms with Gasteiger partial charge >= 0.3 is 0 Å². The quantitative estimate of drug-likeness (QED) is 0.420. The number of fused-ring (bicyclic) bond motifs is 1. The molecule has 0 saturated carbocycles. The van der Waals surface area contributed by atoms with Crippen molar-refractivity contribution in [3.8, 4) is 11.5 Å². The predicted octanol–water partition coefficient (Wildman–Crippen LogP) is 3.33. The highest BCUT2D eigenvalue weighted by Gasteiger charge is 2.28. The van der Waals surface area contributed by atoms with Crippen molar-refractivity contribution in [3.05, 3.63) is 48.2 Å². The van der Waals surface area contributed by atoms with Crippen LogP contribution in [0.4, 0.5) is 28.8 Å². The van der Waals surface area contributed by atoms with Crippen LogP contribution in [0.1, 0.15) is 5.56 Å². The van der Waals surface area contributed by atoms with Crippen molar-refractivity contribution in [2.24, 2.45) is 0 Å². The van der Waals surface area contributed by atoms with Crippen LogP contribution in [0.15, 0.2) is 47.5 Å². The van der Waals surface area contributed by atoms with Crippen molar-refractivity contribution in [3.63, 3.8) is 0 Å². The molecule has 0 bridgehead atoms. The Morgan fingerprint density at radius 3 is 2.61 bits per heavy atom. The van der Waals surface area contributed by atoms with Gasteiger partial charge in [-0.05, 0) is 42.8 Å². The lowest BCUT2D eigenvalue weighted by atomic mass is 10.2. The smallest absolute Gasteiger partial charge is 0.300 e. The average molecular weight is 443 g/mol. The Bertz CT molecular complexity index is 1230. The summed E-state index contributed by atoms with van der Waals surface area (Å²) < 4.78 is 44.7. The molecule has 0 radical (unpaired) electrons. The first-order chi connectivity index (χ1) is 14.8. The van der Waals surface area contributed by atoms with E-state index in [2.05, 4.69) is 25.9 Å². The van der Waals surface area contributed by atoms with Gasteiger partial charge in [-0.1, -0.05) is 6.07 Å². The van der Waals surface area contributed by atoms with E-state index in [1.54, 1.807) is 12.1 Å². The van der Waals surface area contributed by atoms with Gasteiger partial charge in [-0.15, -0.1) is 0 Å². The lowest BCUT2D eigenvalue weighted by Gasteiger charge is -2.22. The molecule has 2 aromatic carbocycles. The van der Waals surface area contributed by atoms with Crippen LogP contribution in [-0.2, 0) is 10.1 Å². The molecule has 1 aliphatic heterocycles. The van der Waals surface area contributed by atoms with E-state index in [1.165, 1.54) is 12.3 Å². The SMILES string of the molecule is CNc1cc(Nc2nccc(Nc3ccc4c(c3S(=O)(=O)O)OCCO4)n2)ccc1C. The summed E-state index contributed by atoms with van der Waals surface area (Å²) in [6.45, 7) is 2.46. The fourth-order valence-electron chi connectivity index (χ4n) is 3.17.